The molecule has 0 radical (unpaired) electrons. The molecule has 1 amide bonds. The summed E-state index contributed by atoms with van der Waals surface area (Å²) in [5.41, 5.74) is 4.46. The number of rotatable bonds is 1. The topological polar surface area (TPSA) is 73.1 Å². The van der Waals surface area contributed by atoms with E-state index in [1.807, 2.05) is 25.8 Å². The normalized spacial score (nSPS) is 22.9. The molecule has 126 valence electrons. The first-order valence-corrected chi connectivity index (χ1v) is 8.34. The van der Waals surface area contributed by atoms with Crippen molar-refractivity contribution in [2.45, 2.75) is 45.4 Å². The number of aryl methyl sites for hydroxylation is 1. The van der Waals surface area contributed by atoms with Crippen molar-refractivity contribution in [2.24, 2.45) is 7.05 Å². The van der Waals surface area contributed by atoms with E-state index in [9.17, 15) is 4.79 Å². The Balaban J connectivity index is 1.66. The van der Waals surface area contributed by atoms with Crippen molar-refractivity contribution in [3.8, 4) is 0 Å². The van der Waals surface area contributed by atoms with E-state index in [0.29, 0.717) is 18.8 Å². The van der Waals surface area contributed by atoms with Gasteiger partial charge in [-0.1, -0.05) is 0 Å². The van der Waals surface area contributed by atoms with Crippen molar-refractivity contribution >= 4 is 5.91 Å². The van der Waals surface area contributed by atoms with Gasteiger partial charge in [0.05, 0.1) is 35.8 Å². The lowest BCUT2D eigenvalue weighted by molar-refractivity contribution is -0.00907. The molecule has 4 heterocycles. The molecule has 0 aliphatic carbocycles. The van der Waals surface area contributed by atoms with Crippen LogP contribution in [0.3, 0.4) is 0 Å². The van der Waals surface area contributed by atoms with Crippen molar-refractivity contribution in [1.29, 1.82) is 0 Å². The Hall–Kier alpha value is -2.28. The summed E-state index contributed by atoms with van der Waals surface area (Å²) in [7, 11) is 1.88. The number of ether oxygens (including phenoxy) is 1. The first-order chi connectivity index (χ1) is 11.5. The van der Waals surface area contributed by atoms with E-state index in [-0.39, 0.29) is 18.1 Å². The second kappa shape index (κ2) is 5.66. The standard InChI is InChI=1S/C17H21N5O2/c1-10-8-12-15(20-21(3)16(12)11(2)24-10)17(23)22-7-4-13-14(9-22)19-6-5-18-13/h5-6,10-11H,4,7-9H2,1-3H3/t10-,11+/m1/s1. The maximum Gasteiger partial charge on any atom is 0.275 e. The molecule has 7 heteroatoms. The van der Waals surface area contributed by atoms with Crippen LogP contribution in [0.1, 0.15) is 53.1 Å². The van der Waals surface area contributed by atoms with E-state index < -0.39 is 0 Å². The van der Waals surface area contributed by atoms with E-state index in [4.69, 9.17) is 4.74 Å². The molecule has 2 atom stereocenters. The van der Waals surface area contributed by atoms with E-state index in [1.165, 1.54) is 0 Å². The molecule has 24 heavy (non-hydrogen) atoms. The number of amides is 1. The average molecular weight is 327 g/mol. The third-order valence-corrected chi connectivity index (χ3v) is 4.82. The van der Waals surface area contributed by atoms with Crippen LogP contribution in [0.15, 0.2) is 12.4 Å². The summed E-state index contributed by atoms with van der Waals surface area (Å²) in [4.78, 5) is 23.6. The molecule has 2 aromatic heterocycles. The molecule has 0 spiro atoms. The predicted molar refractivity (Wildman–Crippen MR) is 86.4 cm³/mol. The molecule has 0 saturated carbocycles. The first kappa shape index (κ1) is 15.3. The number of aromatic nitrogens is 4. The highest BCUT2D eigenvalue weighted by molar-refractivity contribution is 5.94. The summed E-state index contributed by atoms with van der Waals surface area (Å²) in [6.45, 7) is 5.19. The van der Waals surface area contributed by atoms with Crippen LogP contribution < -0.4 is 0 Å². The molecule has 2 aliphatic rings. The van der Waals surface area contributed by atoms with Crippen LogP contribution in [-0.2, 0) is 31.2 Å². The monoisotopic (exact) mass is 327 g/mol. The zero-order chi connectivity index (χ0) is 16.8. The third kappa shape index (κ3) is 2.39. The van der Waals surface area contributed by atoms with Gasteiger partial charge >= 0.3 is 0 Å². The smallest absolute Gasteiger partial charge is 0.275 e. The van der Waals surface area contributed by atoms with Crippen molar-refractivity contribution in [3.05, 3.63) is 40.7 Å². The molecule has 7 nitrogen and oxygen atoms in total. The Morgan fingerprint density at radius 2 is 2.00 bits per heavy atom. The molecule has 2 aliphatic heterocycles. The molecular formula is C17H21N5O2. The molecule has 0 fully saturated rings. The molecule has 4 rings (SSSR count). The van der Waals surface area contributed by atoms with Crippen molar-refractivity contribution in [1.82, 2.24) is 24.6 Å². The van der Waals surface area contributed by atoms with Crippen LogP contribution in [0.4, 0.5) is 0 Å². The van der Waals surface area contributed by atoms with Gasteiger partial charge in [0.1, 0.15) is 0 Å². The molecule has 2 aromatic rings. The molecule has 0 saturated heterocycles. The van der Waals surface area contributed by atoms with Crippen molar-refractivity contribution < 1.29 is 9.53 Å². The summed E-state index contributed by atoms with van der Waals surface area (Å²) in [6, 6.07) is 0. The van der Waals surface area contributed by atoms with Crippen LogP contribution in [0.2, 0.25) is 0 Å². The minimum atomic E-state index is -0.0456. The van der Waals surface area contributed by atoms with Gasteiger partial charge < -0.3 is 9.64 Å². The highest BCUT2D eigenvalue weighted by atomic mass is 16.5. The Bertz CT molecular complexity index is 800. The third-order valence-electron chi connectivity index (χ3n) is 4.82. The van der Waals surface area contributed by atoms with Crippen molar-refractivity contribution in [3.63, 3.8) is 0 Å². The van der Waals surface area contributed by atoms with E-state index >= 15 is 0 Å². The molecule has 0 N–H and O–H groups in total. The molecule has 0 aromatic carbocycles. The van der Waals surface area contributed by atoms with Crippen LogP contribution in [0, 0.1) is 0 Å². The highest BCUT2D eigenvalue weighted by Gasteiger charge is 2.34. The van der Waals surface area contributed by atoms with E-state index in [0.717, 1.165) is 35.5 Å². The SMILES string of the molecule is C[C@@H]1Cc2c(C(=O)N3CCc4nccnc4C3)nn(C)c2[C@H](C)O1. The Morgan fingerprint density at radius 1 is 1.25 bits per heavy atom. The summed E-state index contributed by atoms with van der Waals surface area (Å²) >= 11 is 0. The number of nitrogens with zero attached hydrogens (tertiary/aromatic N) is 5. The zero-order valence-corrected chi connectivity index (χ0v) is 14.2. The number of carbonyl (C=O) groups is 1. The minimum absolute atomic E-state index is 0.0237. The lowest BCUT2D eigenvalue weighted by Crippen LogP contribution is -2.37. The maximum absolute atomic E-state index is 13.1. The lowest BCUT2D eigenvalue weighted by atomic mass is 9.98. The molecular weight excluding hydrogens is 306 g/mol. The summed E-state index contributed by atoms with van der Waals surface area (Å²) in [5.74, 6) is -0.0237. The van der Waals surface area contributed by atoms with Gasteiger partial charge in [-0.3, -0.25) is 19.4 Å². The van der Waals surface area contributed by atoms with Gasteiger partial charge in [0.2, 0.25) is 0 Å². The fourth-order valence-corrected chi connectivity index (χ4v) is 3.77. The van der Waals surface area contributed by atoms with Gasteiger partial charge in [0, 0.05) is 44.4 Å². The van der Waals surface area contributed by atoms with Gasteiger partial charge in [-0.25, -0.2) is 0 Å². The summed E-state index contributed by atoms with van der Waals surface area (Å²) in [6.07, 6.45) is 4.88. The molecule has 0 bridgehead atoms. The summed E-state index contributed by atoms with van der Waals surface area (Å²) in [5, 5.41) is 4.52. The average Bonchev–Trinajstić information content (AvgIpc) is 2.90. The van der Waals surface area contributed by atoms with Gasteiger partial charge in [0.15, 0.2) is 5.69 Å². The van der Waals surface area contributed by atoms with Crippen LogP contribution in [-0.4, -0.2) is 43.2 Å². The fraction of sp³-hybridized carbons (Fsp3) is 0.529. The fourth-order valence-electron chi connectivity index (χ4n) is 3.77. The van der Waals surface area contributed by atoms with Crippen LogP contribution in [0.25, 0.3) is 0 Å². The second-order valence-electron chi connectivity index (χ2n) is 6.56. The quantitative estimate of drug-likeness (QED) is 0.792. The van der Waals surface area contributed by atoms with Crippen LogP contribution >= 0.6 is 0 Å². The number of fused-ring (bicyclic) bond motifs is 2. The van der Waals surface area contributed by atoms with E-state index in [2.05, 4.69) is 15.1 Å². The van der Waals surface area contributed by atoms with Gasteiger partial charge in [-0.05, 0) is 13.8 Å². The van der Waals surface area contributed by atoms with Gasteiger partial charge in [-0.2, -0.15) is 5.10 Å². The maximum atomic E-state index is 13.1. The largest absolute Gasteiger partial charge is 0.369 e. The second-order valence-corrected chi connectivity index (χ2v) is 6.56. The van der Waals surface area contributed by atoms with Crippen molar-refractivity contribution in [2.75, 3.05) is 6.54 Å². The Morgan fingerprint density at radius 3 is 2.79 bits per heavy atom. The van der Waals surface area contributed by atoms with Crippen LogP contribution in [0.5, 0.6) is 0 Å². The predicted octanol–water partition coefficient (Wildman–Crippen LogP) is 1.43. The van der Waals surface area contributed by atoms with Gasteiger partial charge in [0.25, 0.3) is 5.91 Å². The minimum Gasteiger partial charge on any atom is -0.369 e. The Kier molecular flexibility index (Phi) is 3.60. The zero-order valence-electron chi connectivity index (χ0n) is 14.2. The van der Waals surface area contributed by atoms with Gasteiger partial charge in [-0.15, -0.1) is 0 Å². The number of carbonyl (C=O) groups excluding carboxylic acids is 1. The summed E-state index contributed by atoms with van der Waals surface area (Å²) < 4.78 is 7.66. The Labute approximate surface area is 140 Å². The first-order valence-electron chi connectivity index (χ1n) is 8.34. The van der Waals surface area contributed by atoms with E-state index in [1.54, 1.807) is 17.1 Å². The number of hydrogen-bond acceptors (Lipinski definition) is 5. The number of hydrogen-bond donors (Lipinski definition) is 0. The lowest BCUT2D eigenvalue weighted by Gasteiger charge is -2.28. The molecule has 0 unspecified atom stereocenters. The highest BCUT2D eigenvalue weighted by Crippen LogP contribution is 2.32.